The van der Waals surface area contributed by atoms with Crippen LogP contribution in [0.15, 0.2) is 156 Å². The summed E-state index contributed by atoms with van der Waals surface area (Å²) in [6, 6.07) is 54.1. The van der Waals surface area contributed by atoms with E-state index in [4.69, 9.17) is 4.42 Å². The van der Waals surface area contributed by atoms with Gasteiger partial charge in [-0.05, 0) is 42.0 Å². The first-order chi connectivity index (χ1) is 21.3. The van der Waals surface area contributed by atoms with E-state index in [0.29, 0.717) is 0 Å². The van der Waals surface area contributed by atoms with Crippen LogP contribution in [0.1, 0.15) is 0 Å². The number of hydrogen-bond acceptors (Lipinski definition) is 3. The molecule has 2 heterocycles. The fraction of sp³-hybridized carbons (Fsp3) is 0. The highest BCUT2D eigenvalue weighted by atomic mass is 32.1. The summed E-state index contributed by atoms with van der Waals surface area (Å²) in [5, 5.41) is 7.05. The number of anilines is 3. The third kappa shape index (κ3) is 3.72. The molecule has 2 nitrogen and oxygen atoms in total. The van der Waals surface area contributed by atoms with Gasteiger partial charge in [0, 0.05) is 53.0 Å². The largest absolute Gasteiger partial charge is 0.455 e. The van der Waals surface area contributed by atoms with Crippen LogP contribution in [0.5, 0.6) is 0 Å². The predicted molar refractivity (Wildman–Crippen MR) is 184 cm³/mol. The maximum atomic E-state index is 6.80. The Hall–Kier alpha value is -5.38. The quantitative estimate of drug-likeness (QED) is 0.210. The Bertz CT molecular complexity index is 2460. The van der Waals surface area contributed by atoms with Gasteiger partial charge in [-0.1, -0.05) is 115 Å². The summed E-state index contributed by atoms with van der Waals surface area (Å²) in [5.41, 5.74) is 7.52. The fourth-order valence-corrected chi connectivity index (χ4v) is 7.68. The van der Waals surface area contributed by atoms with Gasteiger partial charge in [0.15, 0.2) is 0 Å². The maximum absolute atomic E-state index is 6.80. The van der Waals surface area contributed by atoms with Crippen LogP contribution in [0.3, 0.4) is 0 Å². The van der Waals surface area contributed by atoms with Crippen molar-refractivity contribution in [2.75, 3.05) is 4.90 Å². The molecule has 3 heteroatoms. The molecule has 7 aromatic carbocycles. The third-order valence-electron chi connectivity index (χ3n) is 8.44. The van der Waals surface area contributed by atoms with Gasteiger partial charge >= 0.3 is 0 Å². The second kappa shape index (κ2) is 9.59. The minimum Gasteiger partial charge on any atom is -0.455 e. The highest BCUT2D eigenvalue weighted by Crippen LogP contribution is 2.49. The van der Waals surface area contributed by atoms with Gasteiger partial charge in [0.1, 0.15) is 11.2 Å². The van der Waals surface area contributed by atoms with E-state index in [1.807, 2.05) is 11.3 Å². The average molecular weight is 568 g/mol. The molecule has 2 aromatic heterocycles. The Kier molecular flexibility index (Phi) is 5.40. The number of furan rings is 1. The molecule has 0 aliphatic carbocycles. The summed E-state index contributed by atoms with van der Waals surface area (Å²) in [6.45, 7) is 0. The minimum atomic E-state index is 0.920. The molecular formula is C40H25NOS. The van der Waals surface area contributed by atoms with Gasteiger partial charge in [-0.2, -0.15) is 0 Å². The lowest BCUT2D eigenvalue weighted by Crippen LogP contribution is -2.10. The molecule has 0 aliphatic rings. The van der Waals surface area contributed by atoms with Crippen LogP contribution in [0.2, 0.25) is 0 Å². The van der Waals surface area contributed by atoms with Crippen LogP contribution >= 0.6 is 11.3 Å². The highest BCUT2D eigenvalue weighted by Gasteiger charge is 2.23. The van der Waals surface area contributed by atoms with Crippen LogP contribution in [-0.2, 0) is 0 Å². The van der Waals surface area contributed by atoms with Crippen molar-refractivity contribution in [3.63, 3.8) is 0 Å². The van der Waals surface area contributed by atoms with Gasteiger partial charge in [0.2, 0.25) is 0 Å². The number of benzene rings is 7. The van der Waals surface area contributed by atoms with Crippen molar-refractivity contribution < 1.29 is 4.42 Å². The Morgan fingerprint density at radius 2 is 1.07 bits per heavy atom. The number of nitrogens with zero attached hydrogens (tertiary/aromatic N) is 1. The summed E-state index contributed by atoms with van der Waals surface area (Å²) in [5.74, 6) is 0. The first-order valence-electron chi connectivity index (χ1n) is 14.5. The van der Waals surface area contributed by atoms with Crippen molar-refractivity contribution in [1.82, 2.24) is 0 Å². The molecule has 0 atom stereocenters. The maximum Gasteiger partial charge on any atom is 0.143 e. The first-order valence-corrected chi connectivity index (χ1v) is 15.3. The molecule has 0 unspecified atom stereocenters. The molecule has 0 amide bonds. The number of thiophene rings is 1. The molecule has 0 bridgehead atoms. The number of rotatable bonds is 4. The summed E-state index contributed by atoms with van der Waals surface area (Å²) in [6.07, 6.45) is 0. The molecule has 9 aromatic rings. The molecule has 0 spiro atoms. The molecule has 9 rings (SSSR count). The highest BCUT2D eigenvalue weighted by molar-refractivity contribution is 7.26. The van der Waals surface area contributed by atoms with Crippen molar-refractivity contribution in [2.45, 2.75) is 0 Å². The van der Waals surface area contributed by atoms with E-state index >= 15 is 0 Å². The summed E-state index contributed by atoms with van der Waals surface area (Å²) in [4.78, 5) is 2.43. The molecule has 0 fully saturated rings. The Balaban J connectivity index is 1.41. The molecule has 0 saturated heterocycles. The summed E-state index contributed by atoms with van der Waals surface area (Å²) < 4.78 is 9.38. The van der Waals surface area contributed by atoms with E-state index < -0.39 is 0 Å². The van der Waals surface area contributed by atoms with Gasteiger partial charge in [-0.15, -0.1) is 11.3 Å². The van der Waals surface area contributed by atoms with Gasteiger partial charge < -0.3 is 9.32 Å². The molecule has 202 valence electrons. The standard InChI is InChI=1S/C40H25NOS/c1-3-13-26(14-4-1)28-20-11-21-31-33-25-35(29-17-7-8-18-30(29)40(33)42-39(28)31)41(27-15-5-2-6-16-27)34-22-12-24-37-38(34)32-19-9-10-23-36(32)43-37/h1-25H. The van der Waals surface area contributed by atoms with Crippen molar-refractivity contribution in [1.29, 1.82) is 0 Å². The normalized spacial score (nSPS) is 11.7. The molecular weight excluding hydrogens is 543 g/mol. The van der Waals surface area contributed by atoms with E-state index in [2.05, 4.69) is 157 Å². The molecule has 43 heavy (non-hydrogen) atoms. The van der Waals surface area contributed by atoms with Crippen LogP contribution in [0.25, 0.3) is 64.0 Å². The zero-order valence-corrected chi connectivity index (χ0v) is 24.0. The monoisotopic (exact) mass is 567 g/mol. The number of fused-ring (bicyclic) bond motifs is 8. The number of para-hydroxylation sites is 2. The van der Waals surface area contributed by atoms with Crippen LogP contribution in [-0.4, -0.2) is 0 Å². The molecule has 0 saturated carbocycles. The molecule has 0 aliphatic heterocycles. The predicted octanol–water partition coefficient (Wildman–Crippen LogP) is 12.2. The van der Waals surface area contributed by atoms with Gasteiger partial charge in [0.05, 0.1) is 11.4 Å². The van der Waals surface area contributed by atoms with Gasteiger partial charge in [-0.25, -0.2) is 0 Å². The van der Waals surface area contributed by atoms with Gasteiger partial charge in [0.25, 0.3) is 0 Å². The Morgan fingerprint density at radius 3 is 1.91 bits per heavy atom. The van der Waals surface area contributed by atoms with Gasteiger partial charge in [-0.3, -0.25) is 0 Å². The van der Waals surface area contributed by atoms with Crippen molar-refractivity contribution in [3.8, 4) is 11.1 Å². The second-order valence-electron chi connectivity index (χ2n) is 10.9. The Labute approximate surface area is 252 Å². The fourth-order valence-electron chi connectivity index (χ4n) is 6.56. The molecule has 0 radical (unpaired) electrons. The van der Waals surface area contributed by atoms with E-state index in [1.165, 1.54) is 25.9 Å². The second-order valence-corrected chi connectivity index (χ2v) is 12.0. The topological polar surface area (TPSA) is 16.4 Å². The lowest BCUT2D eigenvalue weighted by atomic mass is 9.99. The Morgan fingerprint density at radius 1 is 0.442 bits per heavy atom. The van der Waals surface area contributed by atoms with Crippen molar-refractivity contribution in [2.24, 2.45) is 0 Å². The van der Waals surface area contributed by atoms with Crippen molar-refractivity contribution >= 4 is 81.3 Å². The van der Waals surface area contributed by atoms with Crippen molar-refractivity contribution in [3.05, 3.63) is 152 Å². The van der Waals surface area contributed by atoms with E-state index in [1.54, 1.807) is 0 Å². The van der Waals surface area contributed by atoms with Crippen LogP contribution in [0.4, 0.5) is 17.1 Å². The van der Waals surface area contributed by atoms with E-state index in [-0.39, 0.29) is 0 Å². The third-order valence-corrected chi connectivity index (χ3v) is 9.58. The zero-order chi connectivity index (χ0) is 28.3. The van der Waals surface area contributed by atoms with Crippen LogP contribution < -0.4 is 4.90 Å². The number of hydrogen-bond donors (Lipinski definition) is 0. The van der Waals surface area contributed by atoms with E-state index in [0.717, 1.165) is 55.2 Å². The average Bonchev–Trinajstić information content (AvgIpc) is 3.65. The minimum absolute atomic E-state index is 0.920. The summed E-state index contributed by atoms with van der Waals surface area (Å²) in [7, 11) is 0. The lowest BCUT2D eigenvalue weighted by Gasteiger charge is -2.28. The van der Waals surface area contributed by atoms with E-state index in [9.17, 15) is 0 Å². The lowest BCUT2D eigenvalue weighted by molar-refractivity contribution is 0.674. The van der Waals surface area contributed by atoms with Crippen LogP contribution in [0, 0.1) is 0 Å². The smallest absolute Gasteiger partial charge is 0.143 e. The molecule has 0 N–H and O–H groups in total. The first kappa shape index (κ1) is 24.2. The summed E-state index contributed by atoms with van der Waals surface area (Å²) >= 11 is 1.85. The SMILES string of the molecule is c1ccc(-c2cccc3c2oc2c4ccccc4c(N(c4ccccc4)c4cccc5sc6ccccc6c45)cc32)cc1. The zero-order valence-electron chi connectivity index (χ0n) is 23.2.